The zero-order valence-corrected chi connectivity index (χ0v) is 15.0. The molecule has 0 fully saturated rings. The molecule has 3 rings (SSSR count). The van der Waals surface area contributed by atoms with E-state index in [2.05, 4.69) is 10.3 Å². The fourth-order valence-electron chi connectivity index (χ4n) is 2.32. The summed E-state index contributed by atoms with van der Waals surface area (Å²) in [5.74, 6) is -0.262. The highest BCUT2D eigenvalue weighted by molar-refractivity contribution is 7.18. The molecule has 0 atom stereocenters. The van der Waals surface area contributed by atoms with Crippen LogP contribution in [0.2, 0.25) is 0 Å². The van der Waals surface area contributed by atoms with Crippen LogP contribution in [0.1, 0.15) is 13.8 Å². The van der Waals surface area contributed by atoms with E-state index in [0.29, 0.717) is 16.8 Å². The minimum absolute atomic E-state index is 0.0784. The summed E-state index contributed by atoms with van der Waals surface area (Å²) < 4.78 is 1.34. The van der Waals surface area contributed by atoms with Gasteiger partial charge >= 0.3 is 0 Å². The Bertz CT molecular complexity index is 925. The van der Waals surface area contributed by atoms with Crippen molar-refractivity contribution in [3.63, 3.8) is 0 Å². The zero-order chi connectivity index (χ0) is 17.3. The molecule has 24 heavy (non-hydrogen) atoms. The van der Waals surface area contributed by atoms with Crippen molar-refractivity contribution in [1.82, 2.24) is 14.9 Å². The van der Waals surface area contributed by atoms with E-state index in [1.807, 2.05) is 36.7 Å². The lowest BCUT2D eigenvalue weighted by Gasteiger charge is -2.24. The molecule has 0 aromatic carbocycles. The monoisotopic (exact) mass is 362 g/mol. The van der Waals surface area contributed by atoms with Crippen molar-refractivity contribution in [3.8, 4) is 10.4 Å². The van der Waals surface area contributed by atoms with Crippen molar-refractivity contribution >= 4 is 38.8 Å². The lowest BCUT2D eigenvalue weighted by molar-refractivity contribution is -0.123. The van der Waals surface area contributed by atoms with Crippen LogP contribution in [0.5, 0.6) is 0 Å². The number of rotatable bonds is 5. The quantitative estimate of drug-likeness (QED) is 0.727. The second kappa shape index (κ2) is 6.46. The first-order valence-corrected chi connectivity index (χ1v) is 9.19. The molecule has 3 heterocycles. The van der Waals surface area contributed by atoms with E-state index in [0.717, 1.165) is 10.4 Å². The van der Waals surface area contributed by atoms with Crippen molar-refractivity contribution in [2.45, 2.75) is 25.9 Å². The summed E-state index contributed by atoms with van der Waals surface area (Å²) in [6.07, 6.45) is 1.42. The molecule has 1 amide bonds. The predicted octanol–water partition coefficient (Wildman–Crippen LogP) is 2.04. The van der Waals surface area contributed by atoms with Crippen LogP contribution in [0.15, 0.2) is 34.0 Å². The molecule has 0 aliphatic rings. The van der Waals surface area contributed by atoms with Crippen LogP contribution in [0.25, 0.3) is 20.7 Å². The molecular weight excluding hydrogens is 344 g/mol. The normalized spacial score (nSPS) is 11.8. The van der Waals surface area contributed by atoms with Gasteiger partial charge in [0.1, 0.15) is 11.4 Å². The molecule has 126 valence electrons. The number of carbonyl (C=O) groups excluding carboxylic acids is 1. The Labute approximate surface area is 147 Å². The third-order valence-electron chi connectivity index (χ3n) is 3.65. The molecule has 0 aliphatic carbocycles. The maximum absolute atomic E-state index is 12.8. The Kier molecular flexibility index (Phi) is 4.53. The minimum Gasteiger partial charge on any atom is -0.348 e. The highest BCUT2D eigenvalue weighted by Crippen LogP contribution is 2.33. The topological polar surface area (TPSA) is 90.0 Å². The van der Waals surface area contributed by atoms with Crippen LogP contribution in [0.3, 0.4) is 0 Å². The molecule has 6 nitrogen and oxygen atoms in total. The molecule has 3 N–H and O–H groups in total. The molecule has 3 aromatic rings. The van der Waals surface area contributed by atoms with Gasteiger partial charge in [-0.15, -0.1) is 22.7 Å². The zero-order valence-electron chi connectivity index (χ0n) is 13.4. The van der Waals surface area contributed by atoms with Crippen LogP contribution < -0.4 is 16.6 Å². The third kappa shape index (κ3) is 3.26. The average Bonchev–Trinajstić information content (AvgIpc) is 3.18. The molecule has 0 saturated heterocycles. The van der Waals surface area contributed by atoms with Gasteiger partial charge in [0.25, 0.3) is 5.56 Å². The summed E-state index contributed by atoms with van der Waals surface area (Å²) >= 11 is 3.01. The molecule has 0 radical (unpaired) electrons. The summed E-state index contributed by atoms with van der Waals surface area (Å²) in [4.78, 5) is 31.0. The van der Waals surface area contributed by atoms with Crippen molar-refractivity contribution < 1.29 is 4.79 Å². The van der Waals surface area contributed by atoms with E-state index in [4.69, 9.17) is 5.73 Å². The molecule has 0 saturated carbocycles. The number of nitrogens with two attached hydrogens (primary N) is 1. The van der Waals surface area contributed by atoms with E-state index in [1.54, 1.807) is 11.3 Å². The SMILES string of the molecule is CC(C)(CN)NC(=O)Cn1cnc2scc(-c3cccs3)c2c1=O. The van der Waals surface area contributed by atoms with Crippen LogP contribution in [-0.4, -0.2) is 27.5 Å². The van der Waals surface area contributed by atoms with Crippen LogP contribution in [0, 0.1) is 0 Å². The van der Waals surface area contributed by atoms with Crippen molar-refractivity contribution in [1.29, 1.82) is 0 Å². The van der Waals surface area contributed by atoms with Crippen LogP contribution in [-0.2, 0) is 11.3 Å². The van der Waals surface area contributed by atoms with E-state index in [1.165, 1.54) is 22.2 Å². The molecule has 8 heteroatoms. The van der Waals surface area contributed by atoms with E-state index in [-0.39, 0.29) is 18.0 Å². The van der Waals surface area contributed by atoms with E-state index < -0.39 is 5.54 Å². The van der Waals surface area contributed by atoms with E-state index in [9.17, 15) is 9.59 Å². The Morgan fingerprint density at radius 3 is 2.88 bits per heavy atom. The number of thiophene rings is 2. The Hall–Kier alpha value is -2.03. The molecule has 0 unspecified atom stereocenters. The number of hydrogen-bond donors (Lipinski definition) is 2. The van der Waals surface area contributed by atoms with Gasteiger partial charge in [0, 0.05) is 27.9 Å². The van der Waals surface area contributed by atoms with Gasteiger partial charge < -0.3 is 11.1 Å². The second-order valence-corrected chi connectivity index (χ2v) is 7.93. The number of aromatic nitrogens is 2. The fraction of sp³-hybridized carbons (Fsp3) is 0.312. The molecule has 3 aromatic heterocycles. The maximum atomic E-state index is 12.8. The van der Waals surface area contributed by atoms with E-state index >= 15 is 0 Å². The maximum Gasteiger partial charge on any atom is 0.263 e. The molecule has 0 aliphatic heterocycles. The Morgan fingerprint density at radius 1 is 1.42 bits per heavy atom. The summed E-state index contributed by atoms with van der Waals surface area (Å²) in [5, 5.41) is 7.29. The summed E-state index contributed by atoms with van der Waals surface area (Å²) in [5.41, 5.74) is 5.78. The number of nitrogens with zero attached hydrogens (tertiary/aromatic N) is 2. The van der Waals surface area contributed by atoms with Gasteiger partial charge in [0.2, 0.25) is 5.91 Å². The van der Waals surface area contributed by atoms with Gasteiger partial charge in [-0.1, -0.05) is 6.07 Å². The molecule has 0 spiro atoms. The van der Waals surface area contributed by atoms with Crippen LogP contribution >= 0.6 is 22.7 Å². The van der Waals surface area contributed by atoms with Crippen molar-refractivity contribution in [3.05, 3.63) is 39.6 Å². The summed E-state index contributed by atoms with van der Waals surface area (Å²) in [7, 11) is 0. The lowest BCUT2D eigenvalue weighted by Crippen LogP contribution is -2.50. The number of hydrogen-bond acceptors (Lipinski definition) is 6. The first kappa shape index (κ1) is 16.8. The fourth-order valence-corrected chi connectivity index (χ4v) is 4.04. The van der Waals surface area contributed by atoms with Crippen molar-refractivity contribution in [2.24, 2.45) is 5.73 Å². The lowest BCUT2D eigenvalue weighted by atomic mass is 10.1. The van der Waals surface area contributed by atoms with Crippen molar-refractivity contribution in [2.75, 3.05) is 6.54 Å². The number of fused-ring (bicyclic) bond motifs is 1. The predicted molar refractivity (Wildman–Crippen MR) is 98.5 cm³/mol. The Morgan fingerprint density at radius 2 is 2.21 bits per heavy atom. The smallest absolute Gasteiger partial charge is 0.263 e. The highest BCUT2D eigenvalue weighted by Gasteiger charge is 2.20. The molecule has 0 bridgehead atoms. The standard InChI is InChI=1S/C16H18N4O2S2/c1-16(2,8-17)19-12(21)6-20-9-18-14-13(15(20)22)10(7-24-14)11-4-3-5-23-11/h3-5,7,9H,6,8,17H2,1-2H3,(H,19,21). The van der Waals surface area contributed by atoms with Gasteiger partial charge in [0.15, 0.2) is 0 Å². The second-order valence-electron chi connectivity index (χ2n) is 6.12. The number of amides is 1. The largest absolute Gasteiger partial charge is 0.348 e. The first-order chi connectivity index (χ1) is 11.4. The number of carbonyl (C=O) groups is 1. The number of nitrogens with one attached hydrogen (secondary N) is 1. The van der Waals surface area contributed by atoms with Gasteiger partial charge in [-0.05, 0) is 25.3 Å². The highest BCUT2D eigenvalue weighted by atomic mass is 32.1. The first-order valence-electron chi connectivity index (χ1n) is 7.43. The third-order valence-corrected chi connectivity index (χ3v) is 5.44. The Balaban J connectivity index is 1.96. The summed E-state index contributed by atoms with van der Waals surface area (Å²) in [6.45, 7) is 3.91. The van der Waals surface area contributed by atoms with Gasteiger partial charge in [-0.25, -0.2) is 4.98 Å². The molecular formula is C16H18N4O2S2. The summed E-state index contributed by atoms with van der Waals surface area (Å²) in [6, 6.07) is 3.92. The minimum atomic E-state index is -0.511. The van der Waals surface area contributed by atoms with Gasteiger partial charge in [-0.3, -0.25) is 14.2 Å². The average molecular weight is 362 g/mol. The van der Waals surface area contributed by atoms with Gasteiger partial charge in [0.05, 0.1) is 11.7 Å². The van der Waals surface area contributed by atoms with Crippen LogP contribution in [0.4, 0.5) is 0 Å². The van der Waals surface area contributed by atoms with Gasteiger partial charge in [-0.2, -0.15) is 0 Å².